The van der Waals surface area contributed by atoms with Crippen molar-refractivity contribution >= 4 is 11.9 Å². The molecular formula is C14H20FN3O2. The molecule has 0 heterocycles. The van der Waals surface area contributed by atoms with E-state index in [-0.39, 0.29) is 11.7 Å². The van der Waals surface area contributed by atoms with Crippen molar-refractivity contribution in [3.8, 4) is 0 Å². The second-order valence-corrected chi connectivity index (χ2v) is 4.40. The van der Waals surface area contributed by atoms with Crippen LogP contribution in [0, 0.1) is 5.82 Å². The Labute approximate surface area is 117 Å². The first kappa shape index (κ1) is 16.1. The molecule has 0 aliphatic rings. The van der Waals surface area contributed by atoms with E-state index in [1.54, 1.807) is 26.0 Å². The number of nitrogens with one attached hydrogen (secondary N) is 3. The highest BCUT2D eigenvalue weighted by molar-refractivity contribution is 5.96. The van der Waals surface area contributed by atoms with E-state index in [1.165, 1.54) is 12.1 Å². The quantitative estimate of drug-likeness (QED) is 0.733. The number of hydrogen-bond acceptors (Lipinski definition) is 3. The molecule has 0 saturated heterocycles. The monoisotopic (exact) mass is 281 g/mol. The van der Waals surface area contributed by atoms with Crippen LogP contribution in [-0.4, -0.2) is 31.1 Å². The second-order valence-electron chi connectivity index (χ2n) is 4.40. The van der Waals surface area contributed by atoms with Gasteiger partial charge in [-0.25, -0.2) is 9.18 Å². The zero-order valence-electron chi connectivity index (χ0n) is 11.7. The van der Waals surface area contributed by atoms with Crippen LogP contribution >= 0.6 is 0 Å². The molecule has 5 nitrogen and oxygen atoms in total. The summed E-state index contributed by atoms with van der Waals surface area (Å²) in [5.41, 5.74) is 0.982. The second kappa shape index (κ2) is 8.27. The molecule has 3 N–H and O–H groups in total. The van der Waals surface area contributed by atoms with Crippen molar-refractivity contribution in [3.63, 3.8) is 0 Å². The minimum absolute atomic E-state index is 0.267. The molecule has 1 unspecified atom stereocenters. The van der Waals surface area contributed by atoms with Crippen molar-refractivity contribution < 1.29 is 14.0 Å². The lowest BCUT2D eigenvalue weighted by Crippen LogP contribution is -2.48. The molecule has 0 aliphatic carbocycles. The maximum atomic E-state index is 12.7. The number of amides is 3. The van der Waals surface area contributed by atoms with E-state index < -0.39 is 12.1 Å². The van der Waals surface area contributed by atoms with Crippen molar-refractivity contribution in [3.05, 3.63) is 35.6 Å². The Hall–Kier alpha value is -1.95. The number of imide groups is 1. The molecule has 20 heavy (non-hydrogen) atoms. The maximum absolute atomic E-state index is 12.7. The number of benzene rings is 1. The van der Waals surface area contributed by atoms with Gasteiger partial charge in [0.25, 0.3) is 0 Å². The highest BCUT2D eigenvalue weighted by atomic mass is 19.1. The van der Waals surface area contributed by atoms with Gasteiger partial charge in [-0.05, 0) is 44.5 Å². The van der Waals surface area contributed by atoms with Gasteiger partial charge in [0.05, 0.1) is 6.04 Å². The van der Waals surface area contributed by atoms with Gasteiger partial charge in [-0.15, -0.1) is 0 Å². The average molecular weight is 281 g/mol. The van der Waals surface area contributed by atoms with Gasteiger partial charge in [0.15, 0.2) is 0 Å². The number of urea groups is 1. The van der Waals surface area contributed by atoms with E-state index in [0.717, 1.165) is 5.56 Å². The molecule has 1 aromatic rings. The summed E-state index contributed by atoms with van der Waals surface area (Å²) >= 11 is 0. The van der Waals surface area contributed by atoms with E-state index in [1.807, 2.05) is 0 Å². The fourth-order valence-electron chi connectivity index (χ4n) is 1.60. The molecule has 0 aromatic heterocycles. The number of carbonyl (C=O) groups is 2. The van der Waals surface area contributed by atoms with Crippen LogP contribution in [0.3, 0.4) is 0 Å². The summed E-state index contributed by atoms with van der Waals surface area (Å²) in [5.74, 6) is -0.647. The summed E-state index contributed by atoms with van der Waals surface area (Å²) in [6.45, 7) is 4.48. The first-order chi connectivity index (χ1) is 9.52. The molecule has 0 aliphatic heterocycles. The smallest absolute Gasteiger partial charge is 0.321 e. The Bertz CT molecular complexity index is 448. The van der Waals surface area contributed by atoms with Crippen molar-refractivity contribution in [2.24, 2.45) is 0 Å². The van der Waals surface area contributed by atoms with Crippen LogP contribution in [0.25, 0.3) is 0 Å². The predicted octanol–water partition coefficient (Wildman–Crippen LogP) is 1.19. The number of hydrogen-bond donors (Lipinski definition) is 3. The standard InChI is InChI=1S/C14H20FN3O2/c1-3-16-14(20)18-13(19)10(2)17-9-8-11-4-6-12(15)7-5-11/h4-7,10,17H,3,8-9H2,1-2H3,(H2,16,18,19,20). The number of halogens is 1. The first-order valence-corrected chi connectivity index (χ1v) is 6.59. The van der Waals surface area contributed by atoms with Crippen LogP contribution < -0.4 is 16.0 Å². The van der Waals surface area contributed by atoms with Gasteiger partial charge in [0.2, 0.25) is 5.91 Å². The number of carbonyl (C=O) groups excluding carboxylic acids is 2. The Morgan fingerprint density at radius 3 is 2.50 bits per heavy atom. The Kier molecular flexibility index (Phi) is 6.66. The molecule has 3 amide bonds. The lowest BCUT2D eigenvalue weighted by atomic mass is 10.1. The average Bonchev–Trinajstić information content (AvgIpc) is 2.41. The topological polar surface area (TPSA) is 70.2 Å². The third-order valence-electron chi connectivity index (χ3n) is 2.74. The van der Waals surface area contributed by atoms with E-state index in [2.05, 4.69) is 16.0 Å². The largest absolute Gasteiger partial charge is 0.338 e. The zero-order chi connectivity index (χ0) is 15.0. The summed E-state index contributed by atoms with van der Waals surface area (Å²) in [6, 6.07) is 5.25. The maximum Gasteiger partial charge on any atom is 0.321 e. The molecule has 0 spiro atoms. The van der Waals surface area contributed by atoms with Gasteiger partial charge in [-0.1, -0.05) is 12.1 Å². The summed E-state index contributed by atoms with van der Waals surface area (Å²) in [5, 5.41) is 7.73. The van der Waals surface area contributed by atoms with Crippen molar-refractivity contribution in [1.82, 2.24) is 16.0 Å². The predicted molar refractivity (Wildman–Crippen MR) is 74.8 cm³/mol. The lowest BCUT2D eigenvalue weighted by Gasteiger charge is -2.13. The van der Waals surface area contributed by atoms with E-state index >= 15 is 0 Å². The van der Waals surface area contributed by atoms with Gasteiger partial charge in [0, 0.05) is 6.54 Å². The Morgan fingerprint density at radius 2 is 1.90 bits per heavy atom. The van der Waals surface area contributed by atoms with E-state index in [0.29, 0.717) is 19.5 Å². The van der Waals surface area contributed by atoms with Crippen LogP contribution in [0.15, 0.2) is 24.3 Å². The first-order valence-electron chi connectivity index (χ1n) is 6.59. The molecule has 0 saturated carbocycles. The lowest BCUT2D eigenvalue weighted by molar-refractivity contribution is -0.121. The van der Waals surface area contributed by atoms with Crippen molar-refractivity contribution in [1.29, 1.82) is 0 Å². The van der Waals surface area contributed by atoms with Crippen LogP contribution in [0.5, 0.6) is 0 Å². The molecule has 6 heteroatoms. The molecule has 1 aromatic carbocycles. The third kappa shape index (κ3) is 5.79. The molecule has 0 bridgehead atoms. The van der Waals surface area contributed by atoms with Crippen LogP contribution in [0.2, 0.25) is 0 Å². The summed E-state index contributed by atoms with van der Waals surface area (Å²) in [7, 11) is 0. The number of rotatable bonds is 6. The summed E-state index contributed by atoms with van der Waals surface area (Å²) < 4.78 is 12.7. The van der Waals surface area contributed by atoms with Gasteiger partial charge in [-0.3, -0.25) is 10.1 Å². The molecular weight excluding hydrogens is 261 g/mol. The molecule has 1 atom stereocenters. The fourth-order valence-corrected chi connectivity index (χ4v) is 1.60. The molecule has 0 radical (unpaired) electrons. The van der Waals surface area contributed by atoms with Crippen LogP contribution in [0.4, 0.5) is 9.18 Å². The minimum Gasteiger partial charge on any atom is -0.338 e. The van der Waals surface area contributed by atoms with Crippen LogP contribution in [-0.2, 0) is 11.2 Å². The van der Waals surface area contributed by atoms with Gasteiger partial charge in [0.1, 0.15) is 5.82 Å². The van der Waals surface area contributed by atoms with E-state index in [9.17, 15) is 14.0 Å². The summed E-state index contributed by atoms with van der Waals surface area (Å²) in [6.07, 6.45) is 0.680. The van der Waals surface area contributed by atoms with Gasteiger partial charge < -0.3 is 10.6 Å². The normalized spacial score (nSPS) is 11.8. The van der Waals surface area contributed by atoms with Crippen LogP contribution in [0.1, 0.15) is 19.4 Å². The third-order valence-corrected chi connectivity index (χ3v) is 2.74. The SMILES string of the molecule is CCNC(=O)NC(=O)C(C)NCCc1ccc(F)cc1. The van der Waals surface area contributed by atoms with Gasteiger partial charge >= 0.3 is 6.03 Å². The van der Waals surface area contributed by atoms with Gasteiger partial charge in [-0.2, -0.15) is 0 Å². The van der Waals surface area contributed by atoms with Crippen molar-refractivity contribution in [2.75, 3.05) is 13.1 Å². The molecule has 110 valence electrons. The molecule has 0 fully saturated rings. The highest BCUT2D eigenvalue weighted by Gasteiger charge is 2.14. The van der Waals surface area contributed by atoms with E-state index in [4.69, 9.17) is 0 Å². The zero-order valence-corrected chi connectivity index (χ0v) is 11.7. The minimum atomic E-state index is -0.496. The fraction of sp³-hybridized carbons (Fsp3) is 0.429. The van der Waals surface area contributed by atoms with Crippen molar-refractivity contribution in [2.45, 2.75) is 26.3 Å². The Balaban J connectivity index is 2.28. The highest BCUT2D eigenvalue weighted by Crippen LogP contribution is 2.02. The summed E-state index contributed by atoms with van der Waals surface area (Å²) in [4.78, 5) is 22.8. The molecule has 1 rings (SSSR count). The Morgan fingerprint density at radius 1 is 1.25 bits per heavy atom.